The number of amides is 1. The van der Waals surface area contributed by atoms with Crippen molar-refractivity contribution in [2.24, 2.45) is 0 Å². The lowest BCUT2D eigenvalue weighted by Gasteiger charge is -2.27. The zero-order valence-electron chi connectivity index (χ0n) is 15.7. The second-order valence-corrected chi connectivity index (χ2v) is 6.59. The van der Waals surface area contributed by atoms with Crippen molar-refractivity contribution >= 4 is 23.2 Å². The van der Waals surface area contributed by atoms with E-state index in [1.165, 1.54) is 9.96 Å². The monoisotopic (exact) mass is 382 g/mol. The standard InChI is InChI=1S/C19H22N6O3/c1-2-14-3-5-15(6-4-14)20-17(26)13-25-19(27)24-8-7-16(21-18(24)22-25)23-9-11-28-12-10-23/h3-8H,2,9-13H2,1H3,(H,20,26). The van der Waals surface area contributed by atoms with Crippen molar-refractivity contribution in [3.8, 4) is 0 Å². The zero-order chi connectivity index (χ0) is 19.5. The van der Waals surface area contributed by atoms with Gasteiger partial charge in [0.05, 0.1) is 13.2 Å². The number of benzene rings is 1. The second-order valence-electron chi connectivity index (χ2n) is 6.59. The van der Waals surface area contributed by atoms with E-state index in [1.54, 1.807) is 12.3 Å². The molecule has 0 aliphatic carbocycles. The molecule has 1 aliphatic heterocycles. The van der Waals surface area contributed by atoms with Gasteiger partial charge < -0.3 is 15.0 Å². The van der Waals surface area contributed by atoms with E-state index in [-0.39, 0.29) is 18.2 Å². The maximum Gasteiger partial charge on any atom is 0.352 e. The van der Waals surface area contributed by atoms with Crippen molar-refractivity contribution in [3.63, 3.8) is 0 Å². The number of ether oxygens (including phenoxy) is 1. The molecule has 0 spiro atoms. The number of aryl methyl sites for hydroxylation is 1. The summed E-state index contributed by atoms with van der Waals surface area (Å²) in [6.45, 7) is 4.67. The number of aromatic nitrogens is 4. The minimum atomic E-state index is -0.396. The fourth-order valence-corrected chi connectivity index (χ4v) is 3.13. The van der Waals surface area contributed by atoms with Gasteiger partial charge in [0.1, 0.15) is 12.4 Å². The summed E-state index contributed by atoms with van der Waals surface area (Å²) < 4.78 is 7.82. The number of hydrogen-bond acceptors (Lipinski definition) is 6. The number of nitrogens with zero attached hydrogens (tertiary/aromatic N) is 5. The molecule has 0 saturated carbocycles. The zero-order valence-corrected chi connectivity index (χ0v) is 15.7. The van der Waals surface area contributed by atoms with E-state index in [0.717, 1.165) is 30.0 Å². The summed E-state index contributed by atoms with van der Waals surface area (Å²) in [7, 11) is 0. The van der Waals surface area contributed by atoms with Gasteiger partial charge >= 0.3 is 5.69 Å². The molecular formula is C19H22N6O3. The highest BCUT2D eigenvalue weighted by atomic mass is 16.5. The van der Waals surface area contributed by atoms with Crippen LogP contribution in [0, 0.1) is 0 Å². The molecule has 3 aromatic rings. The van der Waals surface area contributed by atoms with Crippen LogP contribution in [0.25, 0.3) is 5.78 Å². The molecule has 9 nitrogen and oxygen atoms in total. The summed E-state index contributed by atoms with van der Waals surface area (Å²) in [6.07, 6.45) is 2.57. The van der Waals surface area contributed by atoms with Gasteiger partial charge in [-0.3, -0.25) is 4.79 Å². The normalized spacial score (nSPS) is 14.4. The lowest BCUT2D eigenvalue weighted by atomic mass is 10.1. The first-order valence-electron chi connectivity index (χ1n) is 9.32. The van der Waals surface area contributed by atoms with Crippen molar-refractivity contribution in [2.75, 3.05) is 36.5 Å². The summed E-state index contributed by atoms with van der Waals surface area (Å²) in [5.41, 5.74) is 1.48. The van der Waals surface area contributed by atoms with Gasteiger partial charge in [-0.05, 0) is 30.2 Å². The van der Waals surface area contributed by atoms with Crippen molar-refractivity contribution in [1.29, 1.82) is 0 Å². The van der Waals surface area contributed by atoms with Gasteiger partial charge in [-0.1, -0.05) is 19.1 Å². The number of hydrogen-bond donors (Lipinski definition) is 1. The fraction of sp³-hybridized carbons (Fsp3) is 0.368. The van der Waals surface area contributed by atoms with Crippen molar-refractivity contribution in [2.45, 2.75) is 19.9 Å². The third-order valence-electron chi connectivity index (χ3n) is 4.71. The molecule has 1 saturated heterocycles. The Kier molecular flexibility index (Phi) is 5.07. The van der Waals surface area contributed by atoms with Crippen LogP contribution in [0.4, 0.5) is 11.5 Å². The van der Waals surface area contributed by atoms with Gasteiger partial charge in [0.2, 0.25) is 5.91 Å². The van der Waals surface area contributed by atoms with Crippen LogP contribution < -0.4 is 15.9 Å². The Balaban J connectivity index is 1.50. The van der Waals surface area contributed by atoms with Gasteiger partial charge in [0, 0.05) is 25.0 Å². The molecule has 146 valence electrons. The van der Waals surface area contributed by atoms with Crippen LogP contribution in [0.5, 0.6) is 0 Å². The Morgan fingerprint density at radius 1 is 1.18 bits per heavy atom. The largest absolute Gasteiger partial charge is 0.378 e. The second kappa shape index (κ2) is 7.81. The maximum atomic E-state index is 12.5. The minimum absolute atomic E-state index is 0.176. The van der Waals surface area contributed by atoms with Crippen LogP contribution in [0.15, 0.2) is 41.3 Å². The highest BCUT2D eigenvalue weighted by molar-refractivity contribution is 5.90. The summed E-state index contributed by atoms with van der Waals surface area (Å²) >= 11 is 0. The van der Waals surface area contributed by atoms with E-state index in [2.05, 4.69) is 27.2 Å². The highest BCUT2D eigenvalue weighted by Crippen LogP contribution is 2.13. The molecule has 0 atom stereocenters. The van der Waals surface area contributed by atoms with Crippen LogP contribution >= 0.6 is 0 Å². The van der Waals surface area contributed by atoms with Crippen LogP contribution in [-0.4, -0.2) is 51.4 Å². The molecule has 0 radical (unpaired) electrons. The van der Waals surface area contributed by atoms with Gasteiger partial charge in [0.25, 0.3) is 5.78 Å². The molecule has 9 heteroatoms. The topological polar surface area (TPSA) is 93.8 Å². The molecule has 3 heterocycles. The molecule has 1 N–H and O–H groups in total. The molecule has 4 rings (SSSR count). The van der Waals surface area contributed by atoms with Crippen molar-refractivity contribution < 1.29 is 9.53 Å². The van der Waals surface area contributed by atoms with Gasteiger partial charge in [0.15, 0.2) is 0 Å². The average molecular weight is 382 g/mol. The van der Waals surface area contributed by atoms with Gasteiger partial charge in [-0.25, -0.2) is 13.9 Å². The number of carbonyl (C=O) groups excluding carboxylic acids is 1. The lowest BCUT2D eigenvalue weighted by molar-refractivity contribution is -0.117. The highest BCUT2D eigenvalue weighted by Gasteiger charge is 2.16. The van der Waals surface area contributed by atoms with Crippen LogP contribution in [-0.2, 0) is 22.5 Å². The predicted octanol–water partition coefficient (Wildman–Crippen LogP) is 0.929. The van der Waals surface area contributed by atoms with Crippen LogP contribution in [0.1, 0.15) is 12.5 Å². The van der Waals surface area contributed by atoms with E-state index in [0.29, 0.717) is 18.9 Å². The maximum absolute atomic E-state index is 12.5. The summed E-state index contributed by atoms with van der Waals surface area (Å²) in [4.78, 5) is 31.4. The average Bonchev–Trinajstić information content (AvgIpc) is 3.04. The van der Waals surface area contributed by atoms with Gasteiger partial charge in [-0.2, -0.15) is 4.98 Å². The Hall–Kier alpha value is -3.20. The van der Waals surface area contributed by atoms with E-state index in [1.807, 2.05) is 24.3 Å². The Morgan fingerprint density at radius 2 is 1.93 bits per heavy atom. The summed E-state index contributed by atoms with van der Waals surface area (Å²) in [5, 5.41) is 7.00. The quantitative estimate of drug-likeness (QED) is 0.706. The molecule has 1 amide bonds. The fourth-order valence-electron chi connectivity index (χ4n) is 3.13. The number of fused-ring (bicyclic) bond motifs is 1. The molecule has 1 aliphatic rings. The molecule has 2 aromatic heterocycles. The Morgan fingerprint density at radius 3 is 2.64 bits per heavy atom. The molecular weight excluding hydrogens is 360 g/mol. The Bertz CT molecular complexity index is 1030. The third-order valence-corrected chi connectivity index (χ3v) is 4.71. The molecule has 1 aromatic carbocycles. The first-order valence-corrected chi connectivity index (χ1v) is 9.32. The molecule has 28 heavy (non-hydrogen) atoms. The molecule has 0 bridgehead atoms. The number of carbonyl (C=O) groups is 1. The van der Waals surface area contributed by atoms with E-state index < -0.39 is 5.69 Å². The lowest BCUT2D eigenvalue weighted by Crippen LogP contribution is -2.36. The van der Waals surface area contributed by atoms with Crippen LogP contribution in [0.2, 0.25) is 0 Å². The van der Waals surface area contributed by atoms with Crippen molar-refractivity contribution in [1.82, 2.24) is 19.2 Å². The molecule has 1 fully saturated rings. The van der Waals surface area contributed by atoms with Gasteiger partial charge in [-0.15, -0.1) is 5.10 Å². The first-order chi connectivity index (χ1) is 13.6. The Labute approximate surface area is 161 Å². The number of morpholine rings is 1. The summed E-state index contributed by atoms with van der Waals surface area (Å²) in [6, 6.07) is 9.40. The van der Waals surface area contributed by atoms with E-state index >= 15 is 0 Å². The van der Waals surface area contributed by atoms with Crippen LogP contribution in [0.3, 0.4) is 0 Å². The predicted molar refractivity (Wildman–Crippen MR) is 105 cm³/mol. The number of rotatable bonds is 5. The van der Waals surface area contributed by atoms with E-state index in [4.69, 9.17) is 4.74 Å². The minimum Gasteiger partial charge on any atom is -0.378 e. The molecule has 0 unspecified atom stereocenters. The summed E-state index contributed by atoms with van der Waals surface area (Å²) in [5.74, 6) is 0.700. The van der Waals surface area contributed by atoms with Crippen molar-refractivity contribution in [3.05, 3.63) is 52.6 Å². The smallest absolute Gasteiger partial charge is 0.352 e. The first kappa shape index (κ1) is 18.2. The number of nitrogens with one attached hydrogen (secondary N) is 1. The third kappa shape index (κ3) is 3.74. The van der Waals surface area contributed by atoms with E-state index in [9.17, 15) is 9.59 Å². The SMILES string of the molecule is CCc1ccc(NC(=O)Cn2nc3nc(N4CCOCC4)ccn3c2=O)cc1. The number of anilines is 2.